The van der Waals surface area contributed by atoms with E-state index in [0.717, 1.165) is 25.9 Å². The fourth-order valence-electron chi connectivity index (χ4n) is 4.34. The Morgan fingerprint density at radius 1 is 1.07 bits per heavy atom. The third-order valence-corrected chi connectivity index (χ3v) is 5.96. The first-order valence-electron chi connectivity index (χ1n) is 10.4. The van der Waals surface area contributed by atoms with Gasteiger partial charge in [-0.05, 0) is 54.7 Å². The van der Waals surface area contributed by atoms with Crippen LogP contribution in [0.3, 0.4) is 0 Å². The van der Waals surface area contributed by atoms with E-state index in [1.807, 2.05) is 17.0 Å². The zero-order chi connectivity index (χ0) is 20.5. The molecule has 1 amide bonds. The summed E-state index contributed by atoms with van der Waals surface area (Å²) in [7, 11) is 0. The third-order valence-electron chi connectivity index (χ3n) is 5.96. The Labute approximate surface area is 174 Å². The SMILES string of the molecule is O=C([C@H]1Cc2ccccc2CN1Cc1nc(-c2ccc(F)cc2)no1)N1CCCC1. The van der Waals surface area contributed by atoms with Crippen LogP contribution >= 0.6 is 0 Å². The summed E-state index contributed by atoms with van der Waals surface area (Å²) in [6.45, 7) is 2.72. The molecule has 3 aromatic rings. The molecule has 0 unspecified atom stereocenters. The largest absolute Gasteiger partial charge is 0.341 e. The van der Waals surface area contributed by atoms with Crippen LogP contribution in [-0.4, -0.2) is 45.0 Å². The van der Waals surface area contributed by atoms with Gasteiger partial charge in [0.05, 0.1) is 12.6 Å². The van der Waals surface area contributed by atoms with Gasteiger partial charge in [0.15, 0.2) is 0 Å². The van der Waals surface area contributed by atoms with E-state index in [1.54, 1.807) is 12.1 Å². The van der Waals surface area contributed by atoms with Gasteiger partial charge >= 0.3 is 0 Å². The Kier molecular flexibility index (Phi) is 5.04. The second-order valence-corrected chi connectivity index (χ2v) is 7.94. The molecule has 1 atom stereocenters. The minimum absolute atomic E-state index is 0.181. The Hall–Kier alpha value is -3.06. The molecule has 2 aliphatic rings. The number of halogens is 1. The standard InChI is InChI=1S/C23H23FN4O2/c24-19-9-7-16(8-10-19)22-25-21(30-26-22)15-28-14-18-6-2-1-5-17(18)13-20(28)23(29)27-11-3-4-12-27/h1-2,5-10,20H,3-4,11-15H2/t20-/m1/s1. The van der Waals surface area contributed by atoms with Crippen LogP contribution in [0.25, 0.3) is 11.4 Å². The van der Waals surface area contributed by atoms with Crippen molar-refractivity contribution in [1.82, 2.24) is 19.9 Å². The van der Waals surface area contributed by atoms with Crippen LogP contribution in [0.2, 0.25) is 0 Å². The van der Waals surface area contributed by atoms with Gasteiger partial charge in [0.1, 0.15) is 5.82 Å². The van der Waals surface area contributed by atoms with Crippen LogP contribution in [0.4, 0.5) is 4.39 Å². The summed E-state index contributed by atoms with van der Waals surface area (Å²) in [5.41, 5.74) is 3.14. The highest BCUT2D eigenvalue weighted by molar-refractivity contribution is 5.82. The lowest BCUT2D eigenvalue weighted by molar-refractivity contribution is -0.137. The van der Waals surface area contributed by atoms with E-state index in [2.05, 4.69) is 27.2 Å². The monoisotopic (exact) mass is 406 g/mol. The molecule has 7 heteroatoms. The summed E-state index contributed by atoms with van der Waals surface area (Å²) in [4.78, 5) is 21.8. The molecule has 2 aromatic carbocycles. The molecule has 0 spiro atoms. The molecule has 0 saturated carbocycles. The minimum Gasteiger partial charge on any atom is -0.341 e. The van der Waals surface area contributed by atoms with Crippen LogP contribution in [0.15, 0.2) is 53.1 Å². The van der Waals surface area contributed by atoms with Crippen molar-refractivity contribution in [3.8, 4) is 11.4 Å². The molecule has 0 N–H and O–H groups in total. The quantitative estimate of drug-likeness (QED) is 0.664. The van der Waals surface area contributed by atoms with E-state index in [-0.39, 0.29) is 17.8 Å². The maximum Gasteiger partial charge on any atom is 0.241 e. The second kappa shape index (κ2) is 7.99. The molecule has 30 heavy (non-hydrogen) atoms. The van der Waals surface area contributed by atoms with E-state index >= 15 is 0 Å². The minimum atomic E-state index is -0.308. The van der Waals surface area contributed by atoms with Crippen molar-refractivity contribution in [3.05, 3.63) is 71.4 Å². The van der Waals surface area contributed by atoms with E-state index in [4.69, 9.17) is 4.52 Å². The van der Waals surface area contributed by atoms with Gasteiger partial charge < -0.3 is 9.42 Å². The Bertz CT molecular complexity index is 1040. The van der Waals surface area contributed by atoms with Crippen LogP contribution in [0.5, 0.6) is 0 Å². The Morgan fingerprint density at radius 2 is 1.80 bits per heavy atom. The number of benzene rings is 2. The van der Waals surface area contributed by atoms with Gasteiger partial charge in [-0.25, -0.2) is 4.39 Å². The topological polar surface area (TPSA) is 62.5 Å². The van der Waals surface area contributed by atoms with E-state index in [1.165, 1.54) is 23.3 Å². The van der Waals surface area contributed by atoms with Gasteiger partial charge in [-0.1, -0.05) is 29.4 Å². The maximum absolute atomic E-state index is 13.3. The first kappa shape index (κ1) is 18.9. The number of carbonyl (C=O) groups excluding carboxylic acids is 1. The van der Waals surface area contributed by atoms with Gasteiger partial charge in [-0.15, -0.1) is 0 Å². The number of hydrogen-bond donors (Lipinski definition) is 0. The summed E-state index contributed by atoms with van der Waals surface area (Å²) < 4.78 is 18.6. The molecule has 1 fully saturated rings. The van der Waals surface area contributed by atoms with Gasteiger partial charge in [0.25, 0.3) is 0 Å². The molecule has 1 saturated heterocycles. The number of amides is 1. The lowest BCUT2D eigenvalue weighted by Crippen LogP contribution is -2.50. The maximum atomic E-state index is 13.3. The van der Waals surface area contributed by atoms with Crippen molar-refractivity contribution < 1.29 is 13.7 Å². The molecule has 5 rings (SSSR count). The number of aromatic nitrogens is 2. The number of nitrogens with zero attached hydrogens (tertiary/aromatic N) is 4. The second-order valence-electron chi connectivity index (χ2n) is 7.94. The van der Waals surface area contributed by atoms with Crippen LogP contribution in [-0.2, 0) is 24.3 Å². The van der Waals surface area contributed by atoms with E-state index in [0.29, 0.717) is 36.8 Å². The van der Waals surface area contributed by atoms with Crippen LogP contribution in [0, 0.1) is 5.82 Å². The average Bonchev–Trinajstić information content (AvgIpc) is 3.46. The molecular weight excluding hydrogens is 383 g/mol. The summed E-state index contributed by atoms with van der Waals surface area (Å²) in [6, 6.07) is 14.0. The van der Waals surface area contributed by atoms with Crippen molar-refractivity contribution in [2.75, 3.05) is 13.1 Å². The van der Waals surface area contributed by atoms with Crippen molar-refractivity contribution in [3.63, 3.8) is 0 Å². The van der Waals surface area contributed by atoms with E-state index < -0.39 is 0 Å². The summed E-state index contributed by atoms with van der Waals surface area (Å²) in [5, 5.41) is 4.04. The lowest BCUT2D eigenvalue weighted by Gasteiger charge is -2.37. The smallest absolute Gasteiger partial charge is 0.241 e. The van der Waals surface area contributed by atoms with Crippen LogP contribution < -0.4 is 0 Å². The average molecular weight is 406 g/mol. The van der Waals surface area contributed by atoms with Crippen LogP contribution in [0.1, 0.15) is 29.9 Å². The van der Waals surface area contributed by atoms with E-state index in [9.17, 15) is 9.18 Å². The van der Waals surface area contributed by atoms with Gasteiger partial charge in [0.2, 0.25) is 17.6 Å². The molecule has 6 nitrogen and oxygen atoms in total. The normalized spacial score (nSPS) is 19.1. The molecule has 0 radical (unpaired) electrons. The molecule has 1 aromatic heterocycles. The number of likely N-dealkylation sites (tertiary alicyclic amines) is 1. The number of rotatable bonds is 4. The highest BCUT2D eigenvalue weighted by atomic mass is 19.1. The Morgan fingerprint density at radius 3 is 2.57 bits per heavy atom. The third kappa shape index (κ3) is 3.73. The van der Waals surface area contributed by atoms with Crippen molar-refractivity contribution in [1.29, 1.82) is 0 Å². The van der Waals surface area contributed by atoms with Gasteiger partial charge in [-0.2, -0.15) is 4.98 Å². The fourth-order valence-corrected chi connectivity index (χ4v) is 4.34. The summed E-state index contributed by atoms with van der Waals surface area (Å²) >= 11 is 0. The zero-order valence-corrected chi connectivity index (χ0v) is 16.6. The van der Waals surface area contributed by atoms with Crippen molar-refractivity contribution >= 4 is 5.91 Å². The van der Waals surface area contributed by atoms with Gasteiger partial charge in [0, 0.05) is 25.2 Å². The first-order chi connectivity index (χ1) is 14.7. The molecule has 154 valence electrons. The number of carbonyl (C=O) groups is 1. The van der Waals surface area contributed by atoms with Crippen molar-refractivity contribution in [2.45, 2.75) is 38.4 Å². The summed E-state index contributed by atoms with van der Waals surface area (Å²) in [6.07, 6.45) is 2.82. The number of fused-ring (bicyclic) bond motifs is 1. The summed E-state index contributed by atoms with van der Waals surface area (Å²) in [5.74, 6) is 0.746. The highest BCUT2D eigenvalue weighted by Crippen LogP contribution is 2.27. The predicted molar refractivity (Wildman–Crippen MR) is 109 cm³/mol. The molecule has 0 bridgehead atoms. The zero-order valence-electron chi connectivity index (χ0n) is 16.6. The van der Waals surface area contributed by atoms with Crippen molar-refractivity contribution in [2.24, 2.45) is 0 Å². The first-order valence-corrected chi connectivity index (χ1v) is 10.4. The molecular formula is C23H23FN4O2. The fraction of sp³-hybridized carbons (Fsp3) is 0.348. The molecule has 0 aliphatic carbocycles. The number of hydrogen-bond acceptors (Lipinski definition) is 5. The predicted octanol–water partition coefficient (Wildman–Crippen LogP) is 3.43. The highest BCUT2D eigenvalue weighted by Gasteiger charge is 2.35. The Balaban J connectivity index is 1.39. The lowest BCUT2D eigenvalue weighted by atomic mass is 9.93. The molecule has 3 heterocycles. The van der Waals surface area contributed by atoms with Gasteiger partial charge in [-0.3, -0.25) is 9.69 Å². The molecule has 2 aliphatic heterocycles.